The molecule has 1 aromatic carbocycles. The van der Waals surface area contributed by atoms with Crippen LogP contribution in [0.25, 0.3) is 0 Å². The smallest absolute Gasteiger partial charge is 0.235 e. The summed E-state index contributed by atoms with van der Waals surface area (Å²) in [4.78, 5) is 3.86. The molecule has 0 radical (unpaired) electrons. The van der Waals surface area contributed by atoms with Gasteiger partial charge in [0.2, 0.25) is 9.62 Å². The normalized spacial score (nSPS) is 12.6. The lowest BCUT2D eigenvalue weighted by atomic mass is 10.2. The van der Waals surface area contributed by atoms with Crippen molar-refractivity contribution in [3.8, 4) is 0 Å². The molecule has 17 heavy (non-hydrogen) atoms. The van der Waals surface area contributed by atoms with E-state index in [2.05, 4.69) is 9.36 Å². The van der Waals surface area contributed by atoms with Crippen LogP contribution in [-0.2, 0) is 16.6 Å². The molecular weight excluding hydrogens is 323 g/mol. The van der Waals surface area contributed by atoms with Crippen LogP contribution in [0.3, 0.4) is 0 Å². The molecular formula is C9H5Cl3N2OS2. The van der Waals surface area contributed by atoms with Crippen LogP contribution < -0.4 is 0 Å². The fourth-order valence-electron chi connectivity index (χ4n) is 1.13. The Morgan fingerprint density at radius 2 is 2.06 bits per heavy atom. The molecule has 0 fully saturated rings. The summed E-state index contributed by atoms with van der Waals surface area (Å²) >= 11 is 18.4. The molecule has 0 spiro atoms. The first kappa shape index (κ1) is 13.2. The number of nitrogens with zero attached hydrogens (tertiary/aromatic N) is 2. The quantitative estimate of drug-likeness (QED) is 0.861. The van der Waals surface area contributed by atoms with Crippen molar-refractivity contribution in [2.45, 2.75) is 10.1 Å². The maximum absolute atomic E-state index is 11.9. The minimum absolute atomic E-state index is 0.112. The van der Waals surface area contributed by atoms with Crippen molar-refractivity contribution in [3.63, 3.8) is 0 Å². The van der Waals surface area contributed by atoms with Gasteiger partial charge in [-0.3, -0.25) is 4.21 Å². The molecule has 0 N–H and O–H groups in total. The third kappa shape index (κ3) is 3.39. The zero-order valence-corrected chi connectivity index (χ0v) is 12.1. The van der Waals surface area contributed by atoms with Gasteiger partial charge in [0.15, 0.2) is 0 Å². The monoisotopic (exact) mass is 326 g/mol. The van der Waals surface area contributed by atoms with Gasteiger partial charge >= 0.3 is 0 Å². The summed E-state index contributed by atoms with van der Waals surface area (Å²) in [5.74, 6) is 0.265. The topological polar surface area (TPSA) is 42.9 Å². The minimum Gasteiger partial charge on any atom is -0.251 e. The summed E-state index contributed by atoms with van der Waals surface area (Å²) in [5.41, 5.74) is 0.751. The number of rotatable bonds is 3. The summed E-state index contributed by atoms with van der Waals surface area (Å²) < 4.78 is 16.1. The van der Waals surface area contributed by atoms with E-state index in [1.54, 1.807) is 18.2 Å². The van der Waals surface area contributed by atoms with Crippen molar-refractivity contribution in [3.05, 3.63) is 39.1 Å². The van der Waals surface area contributed by atoms with E-state index in [4.69, 9.17) is 34.8 Å². The lowest BCUT2D eigenvalue weighted by Gasteiger charge is -2.02. The number of aromatic nitrogens is 2. The average molecular weight is 328 g/mol. The molecule has 0 amide bonds. The Labute approximate surface area is 119 Å². The van der Waals surface area contributed by atoms with E-state index in [9.17, 15) is 4.21 Å². The first-order valence-corrected chi connectivity index (χ1v) is 7.60. The SMILES string of the molecule is O=[S@@](Cc1ccc(Cl)cc1Cl)c1nc(Cl)ns1. The van der Waals surface area contributed by atoms with E-state index in [-0.39, 0.29) is 11.0 Å². The van der Waals surface area contributed by atoms with Crippen LogP contribution in [0.15, 0.2) is 22.5 Å². The van der Waals surface area contributed by atoms with Gasteiger partial charge in [-0.15, -0.1) is 0 Å². The van der Waals surface area contributed by atoms with Gasteiger partial charge in [0, 0.05) is 10.0 Å². The highest BCUT2D eigenvalue weighted by Gasteiger charge is 2.12. The molecule has 0 aliphatic heterocycles. The molecule has 2 aromatic rings. The number of hydrogen-bond acceptors (Lipinski definition) is 4. The molecule has 0 unspecified atom stereocenters. The van der Waals surface area contributed by atoms with E-state index in [1.165, 1.54) is 0 Å². The second kappa shape index (κ2) is 5.63. The molecule has 0 aliphatic carbocycles. The maximum atomic E-state index is 11.9. The Bertz CT molecular complexity index is 573. The molecule has 0 bridgehead atoms. The van der Waals surface area contributed by atoms with E-state index >= 15 is 0 Å². The van der Waals surface area contributed by atoms with E-state index in [1.807, 2.05) is 0 Å². The van der Waals surface area contributed by atoms with Crippen LogP contribution >= 0.6 is 46.3 Å². The molecule has 0 saturated heterocycles. The zero-order valence-electron chi connectivity index (χ0n) is 8.19. The van der Waals surface area contributed by atoms with E-state index in [0.29, 0.717) is 14.4 Å². The molecule has 2 rings (SSSR count). The Kier molecular flexibility index (Phi) is 4.38. The lowest BCUT2D eigenvalue weighted by molar-refractivity contribution is 0.682. The third-order valence-electron chi connectivity index (χ3n) is 1.88. The molecule has 3 nitrogen and oxygen atoms in total. The van der Waals surface area contributed by atoms with Gasteiger partial charge in [-0.05, 0) is 40.8 Å². The summed E-state index contributed by atoms with van der Waals surface area (Å²) in [6.45, 7) is 0. The Hall–Kier alpha value is -0.200. The van der Waals surface area contributed by atoms with Crippen molar-refractivity contribution in [2.24, 2.45) is 0 Å². The largest absolute Gasteiger partial charge is 0.251 e. The van der Waals surface area contributed by atoms with Gasteiger partial charge in [-0.1, -0.05) is 29.3 Å². The summed E-state index contributed by atoms with van der Waals surface area (Å²) in [7, 11) is -1.30. The van der Waals surface area contributed by atoms with Crippen LogP contribution in [-0.4, -0.2) is 13.6 Å². The molecule has 0 saturated carbocycles. The van der Waals surface area contributed by atoms with Crippen molar-refractivity contribution in [1.82, 2.24) is 9.36 Å². The highest BCUT2D eigenvalue weighted by Crippen LogP contribution is 2.24. The van der Waals surface area contributed by atoms with Crippen LogP contribution in [0.4, 0.5) is 0 Å². The highest BCUT2D eigenvalue weighted by atomic mass is 35.5. The van der Waals surface area contributed by atoms with Crippen LogP contribution in [0.2, 0.25) is 15.3 Å². The summed E-state index contributed by atoms with van der Waals surface area (Å²) in [6.07, 6.45) is 0. The fraction of sp³-hybridized carbons (Fsp3) is 0.111. The molecule has 0 aliphatic rings. The number of halogens is 3. The van der Waals surface area contributed by atoms with Gasteiger partial charge in [0.25, 0.3) is 0 Å². The minimum atomic E-state index is -1.30. The van der Waals surface area contributed by atoms with Crippen LogP contribution in [0.5, 0.6) is 0 Å². The molecule has 8 heteroatoms. The van der Waals surface area contributed by atoms with Crippen LogP contribution in [0, 0.1) is 0 Å². The first-order valence-electron chi connectivity index (χ1n) is 4.38. The van der Waals surface area contributed by atoms with E-state index < -0.39 is 10.8 Å². The molecule has 1 atom stereocenters. The Balaban J connectivity index is 2.18. The standard InChI is InChI=1S/C9H5Cl3N2OS2/c10-6-2-1-5(7(11)3-6)4-17(15)9-13-8(12)14-16-9/h1-3H,4H2/t17-/m0/s1. The van der Waals surface area contributed by atoms with Gasteiger partial charge < -0.3 is 0 Å². The van der Waals surface area contributed by atoms with E-state index in [0.717, 1.165) is 17.1 Å². The second-order valence-electron chi connectivity index (χ2n) is 3.05. The van der Waals surface area contributed by atoms with Crippen molar-refractivity contribution < 1.29 is 4.21 Å². The highest BCUT2D eigenvalue weighted by molar-refractivity contribution is 7.86. The molecule has 1 aromatic heterocycles. The van der Waals surface area contributed by atoms with Gasteiger partial charge in [0.05, 0.1) is 16.6 Å². The number of hydrogen-bond donors (Lipinski definition) is 0. The Morgan fingerprint density at radius 1 is 1.29 bits per heavy atom. The van der Waals surface area contributed by atoms with Gasteiger partial charge in [0.1, 0.15) is 0 Å². The predicted octanol–water partition coefficient (Wildman–Crippen LogP) is 3.81. The third-order valence-corrected chi connectivity index (χ3v) is 5.08. The predicted molar refractivity (Wildman–Crippen MR) is 71.5 cm³/mol. The van der Waals surface area contributed by atoms with Gasteiger partial charge in [-0.25, -0.2) is 0 Å². The van der Waals surface area contributed by atoms with Crippen molar-refractivity contribution in [2.75, 3.05) is 0 Å². The second-order valence-corrected chi connectivity index (χ2v) is 6.61. The van der Waals surface area contributed by atoms with Crippen LogP contribution in [0.1, 0.15) is 5.56 Å². The maximum Gasteiger partial charge on any atom is 0.235 e. The van der Waals surface area contributed by atoms with Crippen molar-refractivity contribution >= 4 is 57.1 Å². The first-order chi connectivity index (χ1) is 8.06. The molecule has 1 heterocycles. The zero-order chi connectivity index (χ0) is 12.4. The molecule has 90 valence electrons. The van der Waals surface area contributed by atoms with Crippen molar-refractivity contribution in [1.29, 1.82) is 0 Å². The summed E-state index contributed by atoms with van der Waals surface area (Å²) in [6, 6.07) is 5.06. The average Bonchev–Trinajstić information content (AvgIpc) is 2.69. The lowest BCUT2D eigenvalue weighted by Crippen LogP contribution is -1.96. The summed E-state index contributed by atoms with van der Waals surface area (Å²) in [5, 5.41) is 1.14. The number of benzene rings is 1. The Morgan fingerprint density at radius 3 is 2.65 bits per heavy atom. The fourth-order valence-corrected chi connectivity index (χ4v) is 3.76. The van der Waals surface area contributed by atoms with Gasteiger partial charge in [-0.2, -0.15) is 9.36 Å².